The van der Waals surface area contributed by atoms with Gasteiger partial charge in [-0.25, -0.2) is 9.78 Å². The second-order valence-corrected chi connectivity index (χ2v) is 7.40. The van der Waals surface area contributed by atoms with Crippen molar-refractivity contribution in [3.63, 3.8) is 0 Å². The molecule has 3 aromatic rings. The zero-order valence-corrected chi connectivity index (χ0v) is 16.1. The summed E-state index contributed by atoms with van der Waals surface area (Å²) >= 11 is 13.4. The maximum absolute atomic E-state index is 12.2. The first kappa shape index (κ1) is 18.6. The summed E-state index contributed by atoms with van der Waals surface area (Å²) in [7, 11) is 1.63. The number of fused-ring (bicyclic) bond motifs is 1. The van der Waals surface area contributed by atoms with E-state index in [0.29, 0.717) is 6.54 Å². The van der Waals surface area contributed by atoms with Crippen LogP contribution in [-0.2, 0) is 16.1 Å². The number of nitrogens with zero attached hydrogens (tertiary/aromatic N) is 2. The average molecular weight is 409 g/mol. The van der Waals surface area contributed by atoms with Crippen LogP contribution in [0.5, 0.6) is 0 Å². The van der Waals surface area contributed by atoms with Gasteiger partial charge in [0.15, 0.2) is 6.61 Å². The minimum atomic E-state index is -0.695. The molecule has 8 heteroatoms. The number of amides is 1. The van der Waals surface area contributed by atoms with E-state index >= 15 is 0 Å². The average Bonchev–Trinajstić information content (AvgIpc) is 3.03. The number of benzene rings is 2. The first-order valence-corrected chi connectivity index (χ1v) is 9.22. The van der Waals surface area contributed by atoms with Crippen LogP contribution < -0.4 is 0 Å². The molecule has 0 bridgehead atoms. The maximum Gasteiger partial charge on any atom is 0.340 e. The molecule has 1 amide bonds. The Morgan fingerprint density at radius 3 is 2.69 bits per heavy atom. The first-order chi connectivity index (χ1) is 12.5. The van der Waals surface area contributed by atoms with Crippen molar-refractivity contribution in [3.8, 4) is 0 Å². The van der Waals surface area contributed by atoms with Crippen LogP contribution in [0.2, 0.25) is 10.0 Å². The summed E-state index contributed by atoms with van der Waals surface area (Å²) in [6, 6.07) is 12.4. The van der Waals surface area contributed by atoms with E-state index in [-0.39, 0.29) is 28.1 Å². The molecule has 0 aliphatic rings. The fourth-order valence-corrected chi connectivity index (χ4v) is 3.65. The maximum atomic E-state index is 12.2. The van der Waals surface area contributed by atoms with E-state index in [2.05, 4.69) is 4.98 Å². The Balaban J connectivity index is 1.58. The number of aromatic nitrogens is 1. The Hall–Kier alpha value is -2.15. The second-order valence-electron chi connectivity index (χ2n) is 5.50. The SMILES string of the molecule is CN(Cc1nc2ccccc2s1)C(=O)COC(=O)c1cccc(Cl)c1Cl. The van der Waals surface area contributed by atoms with Crippen LogP contribution in [0.3, 0.4) is 0 Å². The molecule has 0 saturated carbocycles. The number of carbonyl (C=O) groups excluding carboxylic acids is 2. The molecule has 134 valence electrons. The quantitative estimate of drug-likeness (QED) is 0.586. The van der Waals surface area contributed by atoms with Crippen molar-refractivity contribution in [1.82, 2.24) is 9.88 Å². The molecule has 3 rings (SSSR count). The van der Waals surface area contributed by atoms with Crippen molar-refractivity contribution < 1.29 is 14.3 Å². The fraction of sp³-hybridized carbons (Fsp3) is 0.167. The second kappa shape index (κ2) is 8.03. The molecule has 0 fully saturated rings. The third kappa shape index (κ3) is 4.15. The van der Waals surface area contributed by atoms with E-state index in [1.54, 1.807) is 19.2 Å². The minimum absolute atomic E-state index is 0.106. The Morgan fingerprint density at radius 1 is 1.15 bits per heavy atom. The summed E-state index contributed by atoms with van der Waals surface area (Å²) in [5.74, 6) is -1.03. The highest BCUT2D eigenvalue weighted by Gasteiger charge is 2.18. The van der Waals surface area contributed by atoms with Crippen LogP contribution in [0.15, 0.2) is 42.5 Å². The number of hydrogen-bond donors (Lipinski definition) is 0. The molecule has 0 saturated heterocycles. The highest BCUT2D eigenvalue weighted by molar-refractivity contribution is 7.18. The summed E-state index contributed by atoms with van der Waals surface area (Å²) in [4.78, 5) is 30.2. The van der Waals surface area contributed by atoms with Gasteiger partial charge in [0.25, 0.3) is 5.91 Å². The van der Waals surface area contributed by atoms with Gasteiger partial charge in [0, 0.05) is 7.05 Å². The molecule has 26 heavy (non-hydrogen) atoms. The number of para-hydroxylation sites is 1. The largest absolute Gasteiger partial charge is 0.452 e. The zero-order valence-electron chi connectivity index (χ0n) is 13.7. The fourth-order valence-electron chi connectivity index (χ4n) is 2.26. The number of likely N-dealkylation sites (N-methyl/N-ethyl adjacent to an activating group) is 1. The number of rotatable bonds is 5. The van der Waals surface area contributed by atoms with Gasteiger partial charge in [0.05, 0.1) is 32.4 Å². The Kier molecular flexibility index (Phi) is 5.76. The van der Waals surface area contributed by atoms with Crippen LogP contribution in [0.4, 0.5) is 0 Å². The van der Waals surface area contributed by atoms with Crippen molar-refractivity contribution in [2.75, 3.05) is 13.7 Å². The van der Waals surface area contributed by atoms with E-state index in [1.807, 2.05) is 24.3 Å². The Labute approximate surface area is 164 Å². The van der Waals surface area contributed by atoms with Gasteiger partial charge < -0.3 is 9.64 Å². The van der Waals surface area contributed by atoms with Crippen molar-refractivity contribution in [3.05, 3.63) is 63.1 Å². The molecular weight excluding hydrogens is 395 g/mol. The Morgan fingerprint density at radius 2 is 1.92 bits per heavy atom. The lowest BCUT2D eigenvalue weighted by Crippen LogP contribution is -2.30. The molecule has 0 unspecified atom stereocenters. The third-order valence-electron chi connectivity index (χ3n) is 3.63. The van der Waals surface area contributed by atoms with Gasteiger partial charge >= 0.3 is 5.97 Å². The molecule has 2 aromatic carbocycles. The number of carbonyl (C=O) groups is 2. The number of esters is 1. The predicted molar refractivity (Wildman–Crippen MR) is 103 cm³/mol. The standard InChI is InChI=1S/C18H14Cl2N2O3S/c1-22(9-15-21-13-7-2-3-8-14(13)26-15)16(23)10-25-18(24)11-5-4-6-12(19)17(11)20/h2-8H,9-10H2,1H3. The molecule has 0 spiro atoms. The van der Waals surface area contributed by atoms with Gasteiger partial charge in [-0.3, -0.25) is 4.79 Å². The van der Waals surface area contributed by atoms with Crippen LogP contribution >= 0.6 is 34.5 Å². The summed E-state index contributed by atoms with van der Waals surface area (Å²) in [5, 5.41) is 1.17. The monoisotopic (exact) mass is 408 g/mol. The molecular formula is C18H14Cl2N2O3S. The lowest BCUT2D eigenvalue weighted by atomic mass is 10.2. The number of hydrogen-bond acceptors (Lipinski definition) is 5. The van der Waals surface area contributed by atoms with Gasteiger partial charge in [-0.2, -0.15) is 0 Å². The lowest BCUT2D eigenvalue weighted by molar-refractivity contribution is -0.133. The van der Waals surface area contributed by atoms with Crippen molar-refractivity contribution in [1.29, 1.82) is 0 Å². The lowest BCUT2D eigenvalue weighted by Gasteiger charge is -2.15. The highest BCUT2D eigenvalue weighted by atomic mass is 35.5. The molecule has 0 atom stereocenters. The van der Waals surface area contributed by atoms with E-state index in [1.165, 1.54) is 22.3 Å². The minimum Gasteiger partial charge on any atom is -0.452 e. The van der Waals surface area contributed by atoms with Crippen LogP contribution in [0, 0.1) is 0 Å². The molecule has 0 radical (unpaired) electrons. The Bertz CT molecular complexity index is 941. The van der Waals surface area contributed by atoms with Crippen molar-refractivity contribution >= 4 is 56.6 Å². The highest BCUT2D eigenvalue weighted by Crippen LogP contribution is 2.26. The third-order valence-corrected chi connectivity index (χ3v) is 5.47. The molecule has 0 aliphatic heterocycles. The van der Waals surface area contributed by atoms with Crippen LogP contribution in [0.1, 0.15) is 15.4 Å². The van der Waals surface area contributed by atoms with Gasteiger partial charge in [0.2, 0.25) is 0 Å². The summed E-state index contributed by atoms with van der Waals surface area (Å²) in [6.45, 7) is -0.0449. The van der Waals surface area contributed by atoms with Gasteiger partial charge in [-0.1, -0.05) is 41.4 Å². The molecule has 1 heterocycles. The molecule has 5 nitrogen and oxygen atoms in total. The normalized spacial score (nSPS) is 10.7. The summed E-state index contributed by atoms with van der Waals surface area (Å²) < 4.78 is 6.11. The smallest absolute Gasteiger partial charge is 0.340 e. The van der Waals surface area contributed by atoms with E-state index in [9.17, 15) is 9.59 Å². The topological polar surface area (TPSA) is 59.5 Å². The first-order valence-electron chi connectivity index (χ1n) is 7.65. The van der Waals surface area contributed by atoms with E-state index in [0.717, 1.165) is 15.2 Å². The molecule has 1 aromatic heterocycles. The van der Waals surface area contributed by atoms with Crippen LogP contribution in [-0.4, -0.2) is 35.4 Å². The van der Waals surface area contributed by atoms with Crippen LogP contribution in [0.25, 0.3) is 10.2 Å². The van der Waals surface area contributed by atoms with Crippen molar-refractivity contribution in [2.45, 2.75) is 6.54 Å². The molecule has 0 N–H and O–H groups in total. The van der Waals surface area contributed by atoms with E-state index < -0.39 is 5.97 Å². The summed E-state index contributed by atoms with van der Waals surface area (Å²) in [6.07, 6.45) is 0. The number of ether oxygens (including phenoxy) is 1. The van der Waals surface area contributed by atoms with E-state index in [4.69, 9.17) is 27.9 Å². The molecule has 0 aliphatic carbocycles. The van der Waals surface area contributed by atoms with Gasteiger partial charge in [0.1, 0.15) is 5.01 Å². The predicted octanol–water partition coefficient (Wildman–Crippen LogP) is 4.42. The van der Waals surface area contributed by atoms with Gasteiger partial charge in [-0.05, 0) is 24.3 Å². The zero-order chi connectivity index (χ0) is 18.7. The summed E-state index contributed by atoms with van der Waals surface area (Å²) in [5.41, 5.74) is 1.02. The number of halogens is 2. The number of thiazole rings is 1. The van der Waals surface area contributed by atoms with Gasteiger partial charge in [-0.15, -0.1) is 11.3 Å². The van der Waals surface area contributed by atoms with Crippen molar-refractivity contribution in [2.24, 2.45) is 0 Å².